The van der Waals surface area contributed by atoms with Gasteiger partial charge in [0.05, 0.1) is 18.7 Å². The molecule has 0 spiro atoms. The average Bonchev–Trinajstić information content (AvgIpc) is 2.14. The number of hydrogen-bond donors (Lipinski definition) is 2. The second-order valence-corrected chi connectivity index (χ2v) is 4.62. The van der Waals surface area contributed by atoms with Crippen LogP contribution in [0.5, 0.6) is 5.75 Å². The van der Waals surface area contributed by atoms with Crippen molar-refractivity contribution in [2.75, 3.05) is 11.9 Å². The number of ether oxygens (including phenoxy) is 1. The summed E-state index contributed by atoms with van der Waals surface area (Å²) in [4.78, 5) is 10.6. The predicted octanol–water partition coefficient (Wildman–Crippen LogP) is 1.90. The minimum absolute atomic E-state index is 0.0249. The Kier molecular flexibility index (Phi) is 2.50. The molecule has 0 fully saturated rings. The van der Waals surface area contributed by atoms with Crippen molar-refractivity contribution >= 4 is 11.7 Å². The first kappa shape index (κ1) is 10.8. The first-order valence-electron chi connectivity index (χ1n) is 5.24. The molecule has 1 aliphatic rings. The van der Waals surface area contributed by atoms with Gasteiger partial charge in [0.1, 0.15) is 11.4 Å². The van der Waals surface area contributed by atoms with Gasteiger partial charge in [-0.3, -0.25) is 4.79 Å². The van der Waals surface area contributed by atoms with E-state index < -0.39 is 5.97 Å². The third kappa shape index (κ3) is 2.27. The number of anilines is 1. The van der Waals surface area contributed by atoms with E-state index in [1.165, 1.54) is 0 Å². The zero-order valence-corrected chi connectivity index (χ0v) is 9.41. The molecule has 1 aliphatic heterocycles. The van der Waals surface area contributed by atoms with Crippen LogP contribution in [-0.4, -0.2) is 23.2 Å². The number of aliphatic carboxylic acids is 1. The van der Waals surface area contributed by atoms with Gasteiger partial charge in [0.15, 0.2) is 0 Å². The molecular formula is C12H15NO3. The van der Waals surface area contributed by atoms with Gasteiger partial charge in [-0.25, -0.2) is 0 Å². The Hall–Kier alpha value is -1.71. The molecule has 0 radical (unpaired) electrons. The van der Waals surface area contributed by atoms with E-state index in [0.717, 1.165) is 23.5 Å². The third-order valence-corrected chi connectivity index (χ3v) is 2.49. The molecule has 0 saturated heterocycles. The zero-order chi connectivity index (χ0) is 11.8. The molecule has 4 nitrogen and oxygen atoms in total. The maximum Gasteiger partial charge on any atom is 0.307 e. The quantitative estimate of drug-likeness (QED) is 0.800. The van der Waals surface area contributed by atoms with Crippen LogP contribution >= 0.6 is 0 Å². The number of hydrogen-bond acceptors (Lipinski definition) is 3. The lowest BCUT2D eigenvalue weighted by Crippen LogP contribution is -2.40. The van der Waals surface area contributed by atoms with Crippen molar-refractivity contribution in [1.29, 1.82) is 0 Å². The molecule has 0 aromatic heterocycles. The number of carboxylic acid groups (broad SMARTS) is 1. The highest BCUT2D eigenvalue weighted by molar-refractivity contribution is 5.71. The van der Waals surface area contributed by atoms with Crippen LogP contribution in [0.3, 0.4) is 0 Å². The number of fused-ring (bicyclic) bond motifs is 1. The highest BCUT2D eigenvalue weighted by Crippen LogP contribution is 2.33. The van der Waals surface area contributed by atoms with Crippen molar-refractivity contribution < 1.29 is 14.6 Å². The fourth-order valence-corrected chi connectivity index (χ4v) is 1.72. The Labute approximate surface area is 94.2 Å². The fraction of sp³-hybridized carbons (Fsp3) is 0.417. The van der Waals surface area contributed by atoms with Crippen molar-refractivity contribution in [2.45, 2.75) is 25.9 Å². The highest BCUT2D eigenvalue weighted by Gasteiger charge is 2.26. The summed E-state index contributed by atoms with van der Waals surface area (Å²) in [5.74, 6) is -0.0991. The molecule has 1 aromatic rings. The second kappa shape index (κ2) is 3.70. The van der Waals surface area contributed by atoms with Crippen LogP contribution in [0.25, 0.3) is 0 Å². The number of carboxylic acids is 1. The minimum atomic E-state index is -0.831. The van der Waals surface area contributed by atoms with E-state index in [1.807, 2.05) is 26.0 Å². The molecule has 0 amide bonds. The van der Waals surface area contributed by atoms with Crippen molar-refractivity contribution in [2.24, 2.45) is 0 Å². The Morgan fingerprint density at radius 2 is 2.31 bits per heavy atom. The molecule has 0 bridgehead atoms. The Morgan fingerprint density at radius 1 is 1.56 bits per heavy atom. The predicted molar refractivity (Wildman–Crippen MR) is 61.0 cm³/mol. The van der Waals surface area contributed by atoms with Crippen LogP contribution < -0.4 is 10.1 Å². The maximum atomic E-state index is 10.6. The smallest absolute Gasteiger partial charge is 0.307 e. The van der Waals surface area contributed by atoms with Gasteiger partial charge < -0.3 is 15.2 Å². The van der Waals surface area contributed by atoms with Gasteiger partial charge in [-0.05, 0) is 31.5 Å². The summed E-state index contributed by atoms with van der Waals surface area (Å²) >= 11 is 0. The summed E-state index contributed by atoms with van der Waals surface area (Å²) in [6.07, 6.45) is 0.0249. The van der Waals surface area contributed by atoms with E-state index in [1.54, 1.807) is 6.07 Å². The molecule has 2 rings (SSSR count). The van der Waals surface area contributed by atoms with Crippen LogP contribution in [0.2, 0.25) is 0 Å². The summed E-state index contributed by atoms with van der Waals surface area (Å²) in [6, 6.07) is 5.46. The van der Waals surface area contributed by atoms with Crippen LogP contribution in [-0.2, 0) is 11.2 Å². The summed E-state index contributed by atoms with van der Waals surface area (Å²) < 4.78 is 5.79. The summed E-state index contributed by atoms with van der Waals surface area (Å²) in [7, 11) is 0. The van der Waals surface area contributed by atoms with Gasteiger partial charge in [0.2, 0.25) is 0 Å². The summed E-state index contributed by atoms with van der Waals surface area (Å²) in [6.45, 7) is 4.73. The molecule has 2 N–H and O–H groups in total. The van der Waals surface area contributed by atoms with E-state index in [9.17, 15) is 4.79 Å². The molecule has 16 heavy (non-hydrogen) atoms. The average molecular weight is 221 g/mol. The number of rotatable bonds is 2. The second-order valence-electron chi connectivity index (χ2n) is 4.62. The Balaban J connectivity index is 2.27. The molecule has 0 atom stereocenters. The van der Waals surface area contributed by atoms with Crippen LogP contribution in [0.1, 0.15) is 19.4 Å². The van der Waals surface area contributed by atoms with Crippen molar-refractivity contribution in [1.82, 2.24) is 0 Å². The molecule has 1 heterocycles. The molecule has 0 unspecified atom stereocenters. The lowest BCUT2D eigenvalue weighted by Gasteiger charge is -2.33. The van der Waals surface area contributed by atoms with Gasteiger partial charge in [0, 0.05) is 0 Å². The molecular weight excluding hydrogens is 206 g/mol. The van der Waals surface area contributed by atoms with Gasteiger partial charge >= 0.3 is 5.97 Å². The monoisotopic (exact) mass is 221 g/mol. The Bertz CT molecular complexity index is 426. The summed E-state index contributed by atoms with van der Waals surface area (Å²) in [5.41, 5.74) is 1.42. The SMILES string of the molecule is CC1(C)CNc2ccc(CC(=O)O)cc2O1. The van der Waals surface area contributed by atoms with Crippen LogP contribution in [0, 0.1) is 0 Å². The molecule has 86 valence electrons. The standard InChI is InChI=1S/C12H15NO3/c1-12(2)7-13-9-4-3-8(6-11(14)15)5-10(9)16-12/h3-5,13H,6-7H2,1-2H3,(H,14,15). The number of benzene rings is 1. The zero-order valence-electron chi connectivity index (χ0n) is 9.41. The lowest BCUT2D eigenvalue weighted by atomic mass is 10.1. The largest absolute Gasteiger partial charge is 0.484 e. The van der Waals surface area contributed by atoms with Crippen LogP contribution in [0.15, 0.2) is 18.2 Å². The van der Waals surface area contributed by atoms with E-state index in [-0.39, 0.29) is 12.0 Å². The minimum Gasteiger partial charge on any atom is -0.484 e. The van der Waals surface area contributed by atoms with Gasteiger partial charge in [-0.1, -0.05) is 6.07 Å². The van der Waals surface area contributed by atoms with E-state index in [2.05, 4.69) is 5.32 Å². The fourth-order valence-electron chi connectivity index (χ4n) is 1.72. The topological polar surface area (TPSA) is 58.6 Å². The summed E-state index contributed by atoms with van der Waals surface area (Å²) in [5, 5.41) is 12.0. The van der Waals surface area contributed by atoms with Crippen LogP contribution in [0.4, 0.5) is 5.69 Å². The maximum absolute atomic E-state index is 10.6. The lowest BCUT2D eigenvalue weighted by molar-refractivity contribution is -0.136. The van der Waals surface area contributed by atoms with E-state index in [4.69, 9.17) is 9.84 Å². The van der Waals surface area contributed by atoms with Gasteiger partial charge in [-0.2, -0.15) is 0 Å². The molecule has 0 saturated carbocycles. The van der Waals surface area contributed by atoms with Gasteiger partial charge in [-0.15, -0.1) is 0 Å². The Morgan fingerprint density at radius 3 is 3.00 bits per heavy atom. The normalized spacial score (nSPS) is 16.9. The van der Waals surface area contributed by atoms with Crippen molar-refractivity contribution in [3.05, 3.63) is 23.8 Å². The molecule has 1 aromatic carbocycles. The number of nitrogens with one attached hydrogen (secondary N) is 1. The highest BCUT2D eigenvalue weighted by atomic mass is 16.5. The molecule has 4 heteroatoms. The third-order valence-electron chi connectivity index (χ3n) is 2.49. The number of carbonyl (C=O) groups is 1. The first-order chi connectivity index (χ1) is 7.46. The van der Waals surface area contributed by atoms with Crippen molar-refractivity contribution in [3.8, 4) is 5.75 Å². The van der Waals surface area contributed by atoms with E-state index >= 15 is 0 Å². The first-order valence-corrected chi connectivity index (χ1v) is 5.24. The van der Waals surface area contributed by atoms with E-state index in [0.29, 0.717) is 0 Å². The van der Waals surface area contributed by atoms with Gasteiger partial charge in [0.25, 0.3) is 0 Å². The molecule has 0 aliphatic carbocycles. The van der Waals surface area contributed by atoms with Crippen molar-refractivity contribution in [3.63, 3.8) is 0 Å².